The lowest BCUT2D eigenvalue weighted by molar-refractivity contribution is -0.119. The van der Waals surface area contributed by atoms with E-state index in [0.29, 0.717) is 6.42 Å². The number of nitrogens with one attached hydrogen (secondary N) is 1. The second-order valence-electron chi connectivity index (χ2n) is 6.72. The molecule has 2 aliphatic carbocycles. The highest BCUT2D eigenvalue weighted by atomic mass is 16.6. The molecule has 0 unspecified atom stereocenters. The summed E-state index contributed by atoms with van der Waals surface area (Å²) >= 11 is 0. The fourth-order valence-electron chi connectivity index (χ4n) is 4.06. The van der Waals surface area contributed by atoms with Crippen LogP contribution in [0.15, 0.2) is 11.6 Å². The zero-order valence-electron chi connectivity index (χ0n) is 13.8. The molecule has 2 fully saturated rings. The molecule has 0 bridgehead atoms. The third-order valence-corrected chi connectivity index (χ3v) is 5.16. The molecule has 6 heteroatoms. The van der Waals surface area contributed by atoms with Gasteiger partial charge >= 0.3 is 6.09 Å². The Morgan fingerprint density at radius 2 is 2.17 bits per heavy atom. The summed E-state index contributed by atoms with van der Waals surface area (Å²) in [7, 11) is 1.65. The van der Waals surface area contributed by atoms with Crippen LogP contribution in [0.25, 0.3) is 0 Å². The van der Waals surface area contributed by atoms with Crippen LogP contribution in [0.3, 0.4) is 0 Å². The first-order valence-electron chi connectivity index (χ1n) is 8.39. The van der Waals surface area contributed by atoms with Crippen molar-refractivity contribution in [1.29, 1.82) is 0 Å². The Morgan fingerprint density at radius 3 is 2.74 bits per heavy atom. The normalized spacial score (nSPS) is 36.3. The smallest absolute Gasteiger partial charge is 0.414 e. The molecule has 1 heterocycles. The number of methoxy groups -OCH3 is 1. The van der Waals surface area contributed by atoms with Crippen molar-refractivity contribution in [1.82, 2.24) is 5.32 Å². The zero-order valence-corrected chi connectivity index (χ0v) is 13.8. The molecule has 2 amide bonds. The van der Waals surface area contributed by atoms with E-state index in [1.165, 1.54) is 25.3 Å². The van der Waals surface area contributed by atoms with Crippen molar-refractivity contribution in [3.8, 4) is 0 Å². The van der Waals surface area contributed by atoms with Gasteiger partial charge in [-0.1, -0.05) is 11.6 Å². The van der Waals surface area contributed by atoms with Crippen LogP contribution in [-0.2, 0) is 19.0 Å². The Morgan fingerprint density at radius 1 is 1.39 bits per heavy atom. The first kappa shape index (κ1) is 16.5. The van der Waals surface area contributed by atoms with Gasteiger partial charge in [0.2, 0.25) is 5.91 Å². The summed E-state index contributed by atoms with van der Waals surface area (Å²) in [5.74, 6) is -0.287. The highest BCUT2D eigenvalue weighted by molar-refractivity contribution is 5.90. The molecule has 1 aliphatic heterocycles. The lowest BCUT2D eigenvalue weighted by Gasteiger charge is -2.42. The van der Waals surface area contributed by atoms with Crippen LogP contribution in [0.5, 0.6) is 0 Å². The van der Waals surface area contributed by atoms with Crippen LogP contribution in [0.2, 0.25) is 0 Å². The summed E-state index contributed by atoms with van der Waals surface area (Å²) in [5, 5.41) is 2.16. The van der Waals surface area contributed by atoms with Crippen molar-refractivity contribution >= 4 is 12.0 Å². The van der Waals surface area contributed by atoms with E-state index in [0.717, 1.165) is 25.9 Å². The lowest BCUT2D eigenvalue weighted by atomic mass is 9.69. The predicted octanol–water partition coefficient (Wildman–Crippen LogP) is 2.32. The number of rotatable bonds is 3. The molecule has 0 aromatic heterocycles. The van der Waals surface area contributed by atoms with Crippen LogP contribution in [0.4, 0.5) is 4.79 Å². The Labute approximate surface area is 136 Å². The summed E-state index contributed by atoms with van der Waals surface area (Å²) in [4.78, 5) is 22.8. The third-order valence-electron chi connectivity index (χ3n) is 5.16. The molecule has 1 spiro atoms. The van der Waals surface area contributed by atoms with Crippen molar-refractivity contribution < 1.29 is 23.8 Å². The maximum absolute atomic E-state index is 11.8. The third kappa shape index (κ3) is 3.43. The minimum absolute atomic E-state index is 0.136. The molecule has 23 heavy (non-hydrogen) atoms. The SMILES string of the molecule is CO[C@@H]1[C@H](OC(=O)NC(C)=O)CC[C@]2(CO2)[C@H]1C1=CCCCC1. The highest BCUT2D eigenvalue weighted by Crippen LogP contribution is 2.52. The fourth-order valence-corrected chi connectivity index (χ4v) is 4.06. The summed E-state index contributed by atoms with van der Waals surface area (Å²) < 4.78 is 17.0. The molecule has 4 atom stereocenters. The van der Waals surface area contributed by atoms with Crippen LogP contribution in [0.1, 0.15) is 45.4 Å². The second-order valence-corrected chi connectivity index (χ2v) is 6.72. The molecule has 6 nitrogen and oxygen atoms in total. The van der Waals surface area contributed by atoms with E-state index >= 15 is 0 Å². The van der Waals surface area contributed by atoms with Gasteiger partial charge in [0.25, 0.3) is 0 Å². The number of allylic oxidation sites excluding steroid dienone is 1. The first-order valence-corrected chi connectivity index (χ1v) is 8.39. The van der Waals surface area contributed by atoms with Gasteiger partial charge in [-0.2, -0.15) is 0 Å². The average Bonchev–Trinajstić information content (AvgIpc) is 3.29. The topological polar surface area (TPSA) is 77.2 Å². The summed E-state index contributed by atoms with van der Waals surface area (Å²) in [5.41, 5.74) is 1.24. The fraction of sp³-hybridized carbons (Fsp3) is 0.765. The molecule has 0 aromatic rings. The monoisotopic (exact) mass is 323 g/mol. The minimum atomic E-state index is -0.700. The Kier molecular flexibility index (Phi) is 4.73. The van der Waals surface area contributed by atoms with Gasteiger partial charge < -0.3 is 14.2 Å². The van der Waals surface area contributed by atoms with Crippen molar-refractivity contribution in [2.24, 2.45) is 5.92 Å². The quantitative estimate of drug-likeness (QED) is 0.637. The number of ether oxygens (including phenoxy) is 3. The Balaban J connectivity index is 1.76. The predicted molar refractivity (Wildman–Crippen MR) is 82.8 cm³/mol. The number of epoxide rings is 1. The van der Waals surface area contributed by atoms with Crippen molar-refractivity contribution in [3.63, 3.8) is 0 Å². The van der Waals surface area contributed by atoms with Crippen LogP contribution in [-0.4, -0.2) is 43.5 Å². The minimum Gasteiger partial charge on any atom is -0.443 e. The van der Waals surface area contributed by atoms with Crippen LogP contribution < -0.4 is 5.32 Å². The van der Waals surface area contributed by atoms with Gasteiger partial charge in [-0.3, -0.25) is 10.1 Å². The van der Waals surface area contributed by atoms with Crippen molar-refractivity contribution in [2.75, 3.05) is 13.7 Å². The summed E-state index contributed by atoms with van der Waals surface area (Å²) in [6.45, 7) is 2.04. The van der Waals surface area contributed by atoms with Gasteiger partial charge in [0.1, 0.15) is 17.8 Å². The number of carbonyl (C=O) groups excluding carboxylic acids is 2. The largest absolute Gasteiger partial charge is 0.443 e. The van der Waals surface area contributed by atoms with E-state index < -0.39 is 12.0 Å². The van der Waals surface area contributed by atoms with Crippen molar-refractivity contribution in [2.45, 2.75) is 63.3 Å². The van der Waals surface area contributed by atoms with Gasteiger partial charge in [0.15, 0.2) is 0 Å². The van der Waals surface area contributed by atoms with Gasteiger partial charge in [-0.15, -0.1) is 0 Å². The Hall–Kier alpha value is -1.40. The summed E-state index contributed by atoms with van der Waals surface area (Å²) in [6.07, 6.45) is 7.12. The van der Waals surface area contributed by atoms with Gasteiger partial charge in [0.05, 0.1) is 6.61 Å². The van der Waals surface area contributed by atoms with E-state index in [1.54, 1.807) is 7.11 Å². The van der Waals surface area contributed by atoms with Crippen LogP contribution >= 0.6 is 0 Å². The molecule has 3 aliphatic rings. The first-order chi connectivity index (χ1) is 11.1. The average molecular weight is 323 g/mol. The highest BCUT2D eigenvalue weighted by Gasteiger charge is 2.60. The molecule has 128 valence electrons. The molecular weight excluding hydrogens is 298 g/mol. The van der Waals surface area contributed by atoms with Gasteiger partial charge in [-0.25, -0.2) is 4.79 Å². The molecule has 1 saturated heterocycles. The molecule has 3 rings (SSSR count). The number of alkyl carbamates (subject to hydrolysis) is 1. The van der Waals surface area contributed by atoms with Gasteiger partial charge in [0, 0.05) is 20.0 Å². The van der Waals surface area contributed by atoms with Crippen LogP contribution in [0, 0.1) is 5.92 Å². The number of imide groups is 1. The van der Waals surface area contributed by atoms with Gasteiger partial charge in [-0.05, 0) is 38.5 Å². The molecule has 0 aromatic carbocycles. The standard InChI is InChI=1S/C17H25NO5/c1-11(19)18-16(20)23-13-8-9-17(10-22-17)14(15(13)21-2)12-6-4-3-5-7-12/h6,13-15H,3-5,7-10H2,1-2H3,(H,18,19,20)/t13-,14+,15-,17+/m1/s1. The van der Waals surface area contributed by atoms with E-state index in [9.17, 15) is 9.59 Å². The van der Waals surface area contributed by atoms with E-state index in [2.05, 4.69) is 11.4 Å². The van der Waals surface area contributed by atoms with E-state index in [4.69, 9.17) is 14.2 Å². The molecule has 0 radical (unpaired) electrons. The molecule has 1 N–H and O–H groups in total. The van der Waals surface area contributed by atoms with Crippen molar-refractivity contribution in [3.05, 3.63) is 11.6 Å². The summed E-state index contributed by atoms with van der Waals surface area (Å²) in [6, 6.07) is 0. The number of hydrogen-bond acceptors (Lipinski definition) is 5. The second kappa shape index (κ2) is 6.61. The maximum Gasteiger partial charge on any atom is 0.414 e. The number of hydrogen-bond donors (Lipinski definition) is 1. The Bertz CT molecular complexity index is 511. The molecular formula is C17H25NO5. The number of amides is 2. The molecule has 1 saturated carbocycles. The lowest BCUT2D eigenvalue weighted by Crippen LogP contribution is -2.51. The van der Waals surface area contributed by atoms with E-state index in [-0.39, 0.29) is 23.7 Å². The number of carbonyl (C=O) groups is 2. The van der Waals surface area contributed by atoms with E-state index in [1.807, 2.05) is 0 Å². The zero-order chi connectivity index (χ0) is 16.4. The maximum atomic E-state index is 11.8.